The lowest BCUT2D eigenvalue weighted by Gasteiger charge is -2.05. The zero-order chi connectivity index (χ0) is 15.6. The summed E-state index contributed by atoms with van der Waals surface area (Å²) in [5, 5.41) is 3.99. The van der Waals surface area contributed by atoms with Crippen molar-refractivity contribution in [3.8, 4) is 0 Å². The second kappa shape index (κ2) is 6.08. The lowest BCUT2D eigenvalue weighted by molar-refractivity contribution is 0.584. The maximum atomic E-state index is 12.1. The molecule has 0 saturated heterocycles. The fraction of sp³-hybridized carbons (Fsp3) is 0.231. The number of hydrogen-bond acceptors (Lipinski definition) is 5. The Labute approximate surface area is 133 Å². The Morgan fingerprint density at radius 1 is 1.33 bits per heavy atom. The summed E-state index contributed by atoms with van der Waals surface area (Å²) in [4.78, 5) is 3.31. The zero-order valence-electron chi connectivity index (χ0n) is 11.8. The van der Waals surface area contributed by atoms with E-state index in [1.807, 2.05) is 18.5 Å². The van der Waals surface area contributed by atoms with Crippen molar-refractivity contribution < 1.29 is 8.42 Å². The Balaban J connectivity index is 2.29. The van der Waals surface area contributed by atoms with Gasteiger partial charge in [-0.05, 0) is 38.2 Å². The fourth-order valence-electron chi connectivity index (χ4n) is 1.69. The molecule has 0 aliphatic carbocycles. The van der Waals surface area contributed by atoms with Crippen LogP contribution in [-0.4, -0.2) is 18.7 Å². The maximum absolute atomic E-state index is 12.1. The topological polar surface area (TPSA) is 63.5 Å². The molecular weight excluding hydrogens is 326 g/mol. The van der Waals surface area contributed by atoms with Crippen LogP contribution in [-0.2, 0) is 17.1 Å². The second-order valence-corrected chi connectivity index (χ2v) is 7.75. The van der Waals surface area contributed by atoms with Gasteiger partial charge in [-0.1, -0.05) is 18.2 Å². The molecule has 0 aliphatic rings. The van der Waals surface area contributed by atoms with Gasteiger partial charge < -0.3 is 4.57 Å². The van der Waals surface area contributed by atoms with Crippen molar-refractivity contribution in [2.24, 2.45) is 12.1 Å². The standard InChI is InChI=1S/C13H15N3O2S3/c1-9(12-10(2)16(3)13(19)20-12)14-15-21(17,18)11-7-5-4-6-8-11/h4-8,15H,1-3H3/b14-9-. The van der Waals surface area contributed by atoms with Gasteiger partial charge in [0.05, 0.1) is 15.5 Å². The van der Waals surface area contributed by atoms with Crippen LogP contribution in [0.15, 0.2) is 40.3 Å². The average Bonchev–Trinajstić information content (AvgIpc) is 2.73. The number of aromatic nitrogens is 1. The minimum atomic E-state index is -3.65. The lowest BCUT2D eigenvalue weighted by Crippen LogP contribution is -2.19. The van der Waals surface area contributed by atoms with E-state index in [0.29, 0.717) is 5.71 Å². The van der Waals surface area contributed by atoms with Crippen molar-refractivity contribution in [1.82, 2.24) is 9.40 Å². The minimum absolute atomic E-state index is 0.180. The van der Waals surface area contributed by atoms with Crippen LogP contribution < -0.4 is 4.83 Å². The first-order chi connectivity index (χ1) is 9.83. The van der Waals surface area contributed by atoms with Crippen molar-refractivity contribution in [2.45, 2.75) is 18.7 Å². The third-order valence-electron chi connectivity index (χ3n) is 3.01. The molecule has 1 heterocycles. The first-order valence-electron chi connectivity index (χ1n) is 6.11. The molecule has 5 nitrogen and oxygen atoms in total. The SMILES string of the molecule is C/C(=N/NS(=O)(=O)c1ccccc1)c1sc(=S)n(C)c1C. The molecule has 0 fully saturated rings. The summed E-state index contributed by atoms with van der Waals surface area (Å²) in [6.07, 6.45) is 0. The predicted octanol–water partition coefficient (Wildman–Crippen LogP) is 2.83. The van der Waals surface area contributed by atoms with Crippen LogP contribution in [0.4, 0.5) is 0 Å². The first-order valence-corrected chi connectivity index (χ1v) is 8.81. The highest BCUT2D eigenvalue weighted by atomic mass is 32.2. The predicted molar refractivity (Wildman–Crippen MR) is 87.8 cm³/mol. The highest BCUT2D eigenvalue weighted by molar-refractivity contribution is 7.89. The van der Waals surface area contributed by atoms with E-state index in [2.05, 4.69) is 9.93 Å². The minimum Gasteiger partial charge on any atom is -0.330 e. The molecule has 8 heteroatoms. The van der Waals surface area contributed by atoms with Gasteiger partial charge in [0, 0.05) is 12.7 Å². The molecule has 2 rings (SSSR count). The monoisotopic (exact) mass is 341 g/mol. The van der Waals surface area contributed by atoms with Crippen molar-refractivity contribution in [3.63, 3.8) is 0 Å². The maximum Gasteiger partial charge on any atom is 0.276 e. The molecule has 0 unspecified atom stereocenters. The summed E-state index contributed by atoms with van der Waals surface area (Å²) < 4.78 is 26.8. The van der Waals surface area contributed by atoms with E-state index >= 15 is 0 Å². The van der Waals surface area contributed by atoms with E-state index < -0.39 is 10.0 Å². The molecule has 2 aromatic rings. The summed E-state index contributed by atoms with van der Waals surface area (Å²) in [5.41, 5.74) is 1.55. The Kier molecular flexibility index (Phi) is 4.60. The quantitative estimate of drug-likeness (QED) is 0.528. The van der Waals surface area contributed by atoms with Crippen LogP contribution in [0, 0.1) is 10.9 Å². The van der Waals surface area contributed by atoms with Crippen LogP contribution in [0.5, 0.6) is 0 Å². The normalized spacial score (nSPS) is 12.4. The second-order valence-electron chi connectivity index (χ2n) is 4.45. The number of benzene rings is 1. The highest BCUT2D eigenvalue weighted by Gasteiger charge is 2.14. The van der Waals surface area contributed by atoms with E-state index in [9.17, 15) is 8.42 Å². The zero-order valence-corrected chi connectivity index (χ0v) is 14.3. The smallest absolute Gasteiger partial charge is 0.276 e. The van der Waals surface area contributed by atoms with Gasteiger partial charge in [0.2, 0.25) is 0 Å². The van der Waals surface area contributed by atoms with Gasteiger partial charge in [-0.3, -0.25) is 0 Å². The van der Waals surface area contributed by atoms with Crippen LogP contribution in [0.1, 0.15) is 17.5 Å². The van der Waals surface area contributed by atoms with Crippen molar-refractivity contribution >= 4 is 39.3 Å². The Morgan fingerprint density at radius 2 is 1.95 bits per heavy atom. The Morgan fingerprint density at radius 3 is 2.48 bits per heavy atom. The molecular formula is C13H15N3O2S3. The molecule has 1 aromatic carbocycles. The van der Waals surface area contributed by atoms with Crippen molar-refractivity contribution in [1.29, 1.82) is 0 Å². The Bertz CT molecular complexity index is 833. The van der Waals surface area contributed by atoms with Crippen LogP contribution >= 0.6 is 23.6 Å². The fourth-order valence-corrected chi connectivity index (χ4v) is 3.88. The summed E-state index contributed by atoms with van der Waals surface area (Å²) in [6.45, 7) is 3.67. The molecule has 0 amide bonds. The number of thiazole rings is 1. The third kappa shape index (κ3) is 3.39. The van der Waals surface area contributed by atoms with E-state index in [-0.39, 0.29) is 4.90 Å². The number of sulfonamides is 1. The molecule has 0 aliphatic heterocycles. The van der Waals surface area contributed by atoms with Gasteiger partial charge in [0.25, 0.3) is 10.0 Å². The number of nitrogens with zero attached hydrogens (tertiary/aromatic N) is 2. The lowest BCUT2D eigenvalue weighted by atomic mass is 10.3. The largest absolute Gasteiger partial charge is 0.330 e. The molecule has 0 radical (unpaired) electrons. The van der Waals surface area contributed by atoms with Gasteiger partial charge >= 0.3 is 0 Å². The van der Waals surface area contributed by atoms with Crippen LogP contribution in [0.2, 0.25) is 0 Å². The number of nitrogens with one attached hydrogen (secondary N) is 1. The molecule has 1 N–H and O–H groups in total. The van der Waals surface area contributed by atoms with Crippen LogP contribution in [0.3, 0.4) is 0 Å². The first kappa shape index (κ1) is 15.9. The van der Waals surface area contributed by atoms with Crippen molar-refractivity contribution in [2.75, 3.05) is 0 Å². The van der Waals surface area contributed by atoms with Gasteiger partial charge in [-0.2, -0.15) is 18.4 Å². The van der Waals surface area contributed by atoms with E-state index in [1.54, 1.807) is 25.1 Å². The molecule has 0 saturated carbocycles. The summed E-state index contributed by atoms with van der Waals surface area (Å²) in [7, 11) is -1.77. The summed E-state index contributed by atoms with van der Waals surface area (Å²) >= 11 is 6.61. The molecule has 112 valence electrons. The van der Waals surface area contributed by atoms with Crippen molar-refractivity contribution in [3.05, 3.63) is 44.9 Å². The summed E-state index contributed by atoms with van der Waals surface area (Å²) in [6, 6.07) is 8.12. The molecule has 0 bridgehead atoms. The number of hydrogen-bond donors (Lipinski definition) is 1. The number of hydrazone groups is 1. The van der Waals surface area contributed by atoms with E-state index in [4.69, 9.17) is 12.2 Å². The molecule has 21 heavy (non-hydrogen) atoms. The molecule has 0 spiro atoms. The summed E-state index contributed by atoms with van der Waals surface area (Å²) in [5.74, 6) is 0. The Hall–Kier alpha value is -1.51. The van der Waals surface area contributed by atoms with Gasteiger partial charge in [-0.15, -0.1) is 11.3 Å². The van der Waals surface area contributed by atoms with Gasteiger partial charge in [0.15, 0.2) is 3.95 Å². The van der Waals surface area contributed by atoms with E-state index in [1.165, 1.54) is 23.5 Å². The highest BCUT2D eigenvalue weighted by Crippen LogP contribution is 2.18. The average molecular weight is 341 g/mol. The molecule has 1 aromatic heterocycles. The third-order valence-corrected chi connectivity index (χ3v) is 6.00. The van der Waals surface area contributed by atoms with Gasteiger partial charge in [0.1, 0.15) is 0 Å². The van der Waals surface area contributed by atoms with Crippen LogP contribution in [0.25, 0.3) is 0 Å². The number of rotatable bonds is 4. The van der Waals surface area contributed by atoms with Gasteiger partial charge in [-0.25, -0.2) is 0 Å². The van der Waals surface area contributed by atoms with E-state index in [0.717, 1.165) is 14.5 Å². The molecule has 0 atom stereocenters.